The van der Waals surface area contributed by atoms with Crippen molar-refractivity contribution in [2.45, 2.75) is 13.5 Å². The van der Waals surface area contributed by atoms with Crippen LogP contribution in [0.5, 0.6) is 0 Å². The first kappa shape index (κ1) is 17.8. The van der Waals surface area contributed by atoms with E-state index in [9.17, 15) is 9.59 Å². The van der Waals surface area contributed by atoms with Gasteiger partial charge in [-0.1, -0.05) is 15.9 Å². The fraction of sp³-hybridized carbons (Fsp3) is 0.111. The summed E-state index contributed by atoms with van der Waals surface area (Å²) in [6.45, 7) is 1.28. The predicted octanol–water partition coefficient (Wildman–Crippen LogP) is 3.81. The van der Waals surface area contributed by atoms with E-state index in [4.69, 9.17) is 9.15 Å². The summed E-state index contributed by atoms with van der Waals surface area (Å²) in [6, 6.07) is 13.8. The summed E-state index contributed by atoms with van der Waals surface area (Å²) in [4.78, 5) is 23.0. The second kappa shape index (κ2) is 7.92. The van der Waals surface area contributed by atoms with Gasteiger partial charge in [-0.15, -0.1) is 10.2 Å². The van der Waals surface area contributed by atoms with Crippen LogP contribution in [0.25, 0.3) is 11.5 Å². The molecule has 0 bridgehead atoms. The van der Waals surface area contributed by atoms with Crippen molar-refractivity contribution < 1.29 is 18.7 Å². The molecule has 0 radical (unpaired) electrons. The zero-order valence-electron chi connectivity index (χ0n) is 13.7. The van der Waals surface area contributed by atoms with E-state index in [0.29, 0.717) is 17.1 Å². The van der Waals surface area contributed by atoms with Gasteiger partial charge in [-0.05, 0) is 48.5 Å². The Balaban J connectivity index is 1.59. The second-order valence-electron chi connectivity index (χ2n) is 5.34. The Labute approximate surface area is 157 Å². The van der Waals surface area contributed by atoms with Crippen LogP contribution in [0.4, 0.5) is 5.69 Å². The highest BCUT2D eigenvalue weighted by Crippen LogP contribution is 2.21. The van der Waals surface area contributed by atoms with Crippen molar-refractivity contribution in [2.24, 2.45) is 0 Å². The van der Waals surface area contributed by atoms with Gasteiger partial charge < -0.3 is 14.5 Å². The zero-order valence-corrected chi connectivity index (χ0v) is 15.3. The number of amides is 1. The van der Waals surface area contributed by atoms with Gasteiger partial charge in [0.1, 0.15) is 0 Å². The van der Waals surface area contributed by atoms with Gasteiger partial charge in [-0.2, -0.15) is 0 Å². The van der Waals surface area contributed by atoms with Gasteiger partial charge in [0, 0.05) is 22.6 Å². The van der Waals surface area contributed by atoms with Crippen molar-refractivity contribution in [3.05, 3.63) is 64.5 Å². The number of benzene rings is 2. The Morgan fingerprint density at radius 1 is 1.08 bits per heavy atom. The maximum Gasteiger partial charge on any atom is 0.338 e. The SMILES string of the molecule is CC(=O)Nc1ccc(C(=O)OCc2nnc(-c3ccc(Br)cc3)o2)cc1. The monoisotopic (exact) mass is 415 g/mol. The first-order valence-electron chi connectivity index (χ1n) is 7.64. The number of rotatable bonds is 5. The Kier molecular flexibility index (Phi) is 5.43. The van der Waals surface area contributed by atoms with E-state index in [1.165, 1.54) is 6.92 Å². The molecule has 0 aliphatic carbocycles. The van der Waals surface area contributed by atoms with Crippen molar-refractivity contribution in [3.8, 4) is 11.5 Å². The van der Waals surface area contributed by atoms with E-state index in [0.717, 1.165) is 10.0 Å². The first-order valence-corrected chi connectivity index (χ1v) is 8.43. The summed E-state index contributed by atoms with van der Waals surface area (Å²) in [5.41, 5.74) is 1.73. The topological polar surface area (TPSA) is 94.3 Å². The smallest absolute Gasteiger partial charge is 0.338 e. The molecule has 0 aliphatic heterocycles. The molecule has 1 heterocycles. The molecule has 8 heteroatoms. The quantitative estimate of drug-likeness (QED) is 0.636. The van der Waals surface area contributed by atoms with E-state index in [1.54, 1.807) is 24.3 Å². The van der Waals surface area contributed by atoms with E-state index >= 15 is 0 Å². The fourth-order valence-electron chi connectivity index (χ4n) is 2.12. The number of nitrogens with one attached hydrogen (secondary N) is 1. The molecular weight excluding hydrogens is 402 g/mol. The van der Waals surface area contributed by atoms with Gasteiger partial charge in [-0.25, -0.2) is 4.79 Å². The number of hydrogen-bond donors (Lipinski definition) is 1. The molecule has 26 heavy (non-hydrogen) atoms. The maximum atomic E-state index is 12.1. The van der Waals surface area contributed by atoms with Crippen LogP contribution in [0.2, 0.25) is 0 Å². The van der Waals surface area contributed by atoms with Crippen molar-refractivity contribution >= 4 is 33.5 Å². The third-order valence-electron chi connectivity index (χ3n) is 3.33. The number of ether oxygens (including phenoxy) is 1. The molecule has 2 aromatic carbocycles. The van der Waals surface area contributed by atoms with Crippen LogP contribution < -0.4 is 5.32 Å². The molecule has 1 amide bonds. The summed E-state index contributed by atoms with van der Waals surface area (Å²) in [6.07, 6.45) is 0. The van der Waals surface area contributed by atoms with Crippen LogP contribution in [-0.4, -0.2) is 22.1 Å². The van der Waals surface area contributed by atoms with Gasteiger partial charge in [0.15, 0.2) is 6.61 Å². The summed E-state index contributed by atoms with van der Waals surface area (Å²) in [5.74, 6) is -0.157. The summed E-state index contributed by atoms with van der Waals surface area (Å²) >= 11 is 3.36. The minimum atomic E-state index is -0.525. The Bertz CT molecular complexity index is 920. The van der Waals surface area contributed by atoms with E-state index in [-0.39, 0.29) is 18.4 Å². The highest BCUT2D eigenvalue weighted by Gasteiger charge is 2.12. The normalized spacial score (nSPS) is 10.4. The molecule has 132 valence electrons. The standard InChI is InChI=1S/C18H14BrN3O4/c1-11(23)20-15-8-4-13(5-9-15)18(24)25-10-16-21-22-17(26-16)12-2-6-14(19)7-3-12/h2-9H,10H2,1H3,(H,20,23). The van der Waals surface area contributed by atoms with Crippen molar-refractivity contribution in [2.75, 3.05) is 5.32 Å². The highest BCUT2D eigenvalue weighted by atomic mass is 79.9. The molecule has 0 fully saturated rings. The minimum absolute atomic E-state index is 0.129. The van der Waals surface area contributed by atoms with E-state index in [1.807, 2.05) is 24.3 Å². The van der Waals surface area contributed by atoms with Crippen molar-refractivity contribution in [1.29, 1.82) is 0 Å². The summed E-state index contributed by atoms with van der Waals surface area (Å²) < 4.78 is 11.6. The molecule has 0 unspecified atom stereocenters. The molecule has 7 nitrogen and oxygen atoms in total. The maximum absolute atomic E-state index is 12.1. The molecule has 3 aromatic rings. The number of esters is 1. The van der Waals surface area contributed by atoms with E-state index < -0.39 is 5.97 Å². The molecule has 0 atom stereocenters. The van der Waals surface area contributed by atoms with E-state index in [2.05, 4.69) is 31.4 Å². The number of anilines is 1. The average Bonchev–Trinajstić information content (AvgIpc) is 3.09. The Morgan fingerprint density at radius 2 is 1.77 bits per heavy atom. The van der Waals surface area contributed by atoms with Crippen LogP contribution in [-0.2, 0) is 16.1 Å². The minimum Gasteiger partial charge on any atom is -0.452 e. The van der Waals surface area contributed by atoms with Gasteiger partial charge in [0.25, 0.3) is 5.89 Å². The number of nitrogens with zero attached hydrogens (tertiary/aromatic N) is 2. The van der Waals surface area contributed by atoms with Crippen molar-refractivity contribution in [1.82, 2.24) is 10.2 Å². The van der Waals surface area contributed by atoms with Gasteiger partial charge in [0.2, 0.25) is 11.8 Å². The number of halogens is 1. The van der Waals surface area contributed by atoms with Crippen molar-refractivity contribution in [3.63, 3.8) is 0 Å². The molecule has 1 aromatic heterocycles. The average molecular weight is 416 g/mol. The largest absolute Gasteiger partial charge is 0.452 e. The number of carbonyl (C=O) groups is 2. The molecule has 0 saturated heterocycles. The second-order valence-corrected chi connectivity index (χ2v) is 6.26. The number of hydrogen-bond acceptors (Lipinski definition) is 6. The summed E-state index contributed by atoms with van der Waals surface area (Å²) in [7, 11) is 0. The number of aromatic nitrogens is 2. The fourth-order valence-corrected chi connectivity index (χ4v) is 2.39. The molecule has 0 spiro atoms. The van der Waals surface area contributed by atoms with Gasteiger partial charge in [0.05, 0.1) is 5.56 Å². The predicted molar refractivity (Wildman–Crippen MR) is 97.3 cm³/mol. The lowest BCUT2D eigenvalue weighted by molar-refractivity contribution is -0.114. The molecule has 0 saturated carbocycles. The Morgan fingerprint density at radius 3 is 2.42 bits per heavy atom. The Hall–Kier alpha value is -3.00. The van der Waals surface area contributed by atoms with Gasteiger partial charge >= 0.3 is 5.97 Å². The molecule has 3 rings (SSSR count). The van der Waals surface area contributed by atoms with Crippen LogP contribution in [0.1, 0.15) is 23.2 Å². The number of carbonyl (C=O) groups excluding carboxylic acids is 2. The third kappa shape index (κ3) is 4.54. The molecule has 0 aliphatic rings. The molecule has 1 N–H and O–H groups in total. The third-order valence-corrected chi connectivity index (χ3v) is 3.85. The summed E-state index contributed by atoms with van der Waals surface area (Å²) in [5, 5.41) is 10.4. The molecular formula is C18H14BrN3O4. The van der Waals surface area contributed by atoms with Crippen LogP contribution in [0.3, 0.4) is 0 Å². The lowest BCUT2D eigenvalue weighted by Crippen LogP contribution is -2.08. The highest BCUT2D eigenvalue weighted by molar-refractivity contribution is 9.10. The lowest BCUT2D eigenvalue weighted by Gasteiger charge is -2.04. The van der Waals surface area contributed by atoms with Crippen LogP contribution >= 0.6 is 15.9 Å². The first-order chi connectivity index (χ1) is 12.5. The van der Waals surface area contributed by atoms with Crippen LogP contribution in [0.15, 0.2) is 57.4 Å². The zero-order chi connectivity index (χ0) is 18.5. The van der Waals surface area contributed by atoms with Gasteiger partial charge in [-0.3, -0.25) is 4.79 Å². The lowest BCUT2D eigenvalue weighted by atomic mass is 10.2. The van der Waals surface area contributed by atoms with Crippen LogP contribution in [0, 0.1) is 0 Å².